The maximum atomic E-state index is 12.5. The smallest absolute Gasteiger partial charge is 0.306 e. The number of carbonyl (C=O) groups is 2. The molecule has 0 aromatic carbocycles. The van der Waals surface area contributed by atoms with E-state index in [9.17, 15) is 14.7 Å². The monoisotopic (exact) mass is 740 g/mol. The number of esters is 2. The highest BCUT2D eigenvalue weighted by molar-refractivity contribution is 5.69. The van der Waals surface area contributed by atoms with Crippen molar-refractivity contribution in [2.24, 2.45) is 0 Å². The summed E-state index contributed by atoms with van der Waals surface area (Å²) >= 11 is 0. The summed E-state index contributed by atoms with van der Waals surface area (Å²) in [6.45, 7) is 11.8. The van der Waals surface area contributed by atoms with Crippen molar-refractivity contribution in [1.82, 2.24) is 4.90 Å². The fourth-order valence-electron chi connectivity index (χ4n) is 6.22. The van der Waals surface area contributed by atoms with Gasteiger partial charge >= 0.3 is 11.9 Å². The Bertz CT molecular complexity index is 760. The Labute approximate surface area is 321 Å². The van der Waals surface area contributed by atoms with Crippen LogP contribution < -0.4 is 0 Å². The summed E-state index contributed by atoms with van der Waals surface area (Å²) in [4.78, 5) is 26.7. The van der Waals surface area contributed by atoms with Crippen molar-refractivity contribution in [2.75, 3.05) is 52.7 Å². The second-order valence-corrected chi connectivity index (χ2v) is 14.6. The SMILES string of the molecule is CCCCC/C=C/COC(=O)CCCCCCCN(CCO)CCCCCCOC(=O)CCC(OCCCCCCCC)OCCCCCCCC. The topological polar surface area (TPSA) is 94.5 Å². The predicted molar refractivity (Wildman–Crippen MR) is 217 cm³/mol. The van der Waals surface area contributed by atoms with Crippen molar-refractivity contribution in [2.45, 2.75) is 207 Å². The lowest BCUT2D eigenvalue weighted by molar-refractivity contribution is -0.159. The standard InChI is InChI=1S/C44H85NO7/c1-4-7-10-13-20-27-38-49-42(47)31-24-17-16-18-25-34-45(36-37-46)35-26-19-23-28-39-50-43(48)32-33-44(51-40-29-21-14-11-8-5-2)52-41-30-22-15-12-9-6-3/h20,27,44,46H,4-19,21-26,28-41H2,1-3H3/b27-20+. The van der Waals surface area contributed by atoms with Gasteiger partial charge in [0.15, 0.2) is 6.29 Å². The fourth-order valence-corrected chi connectivity index (χ4v) is 6.22. The van der Waals surface area contributed by atoms with E-state index in [0.29, 0.717) is 52.2 Å². The van der Waals surface area contributed by atoms with Crippen molar-refractivity contribution < 1.29 is 33.6 Å². The van der Waals surface area contributed by atoms with Crippen LogP contribution in [-0.2, 0) is 28.5 Å². The van der Waals surface area contributed by atoms with E-state index in [4.69, 9.17) is 18.9 Å². The molecule has 0 aliphatic heterocycles. The van der Waals surface area contributed by atoms with Gasteiger partial charge in [-0.25, -0.2) is 0 Å². The van der Waals surface area contributed by atoms with Gasteiger partial charge in [-0.1, -0.05) is 142 Å². The molecular formula is C44H85NO7. The molecule has 1 N–H and O–H groups in total. The third-order valence-corrected chi connectivity index (χ3v) is 9.57. The van der Waals surface area contributed by atoms with Crippen LogP contribution in [0.2, 0.25) is 0 Å². The Hall–Kier alpha value is -1.48. The van der Waals surface area contributed by atoms with Crippen LogP contribution in [0, 0.1) is 0 Å². The molecule has 0 aliphatic carbocycles. The van der Waals surface area contributed by atoms with E-state index in [1.54, 1.807) is 0 Å². The van der Waals surface area contributed by atoms with Crippen LogP contribution in [0.3, 0.4) is 0 Å². The summed E-state index contributed by atoms with van der Waals surface area (Å²) in [5, 5.41) is 9.52. The van der Waals surface area contributed by atoms with E-state index in [2.05, 4.69) is 31.7 Å². The van der Waals surface area contributed by atoms with Crippen LogP contribution in [0.15, 0.2) is 12.2 Å². The van der Waals surface area contributed by atoms with Gasteiger partial charge in [0.05, 0.1) is 19.6 Å². The van der Waals surface area contributed by atoms with Crippen LogP contribution in [0.25, 0.3) is 0 Å². The van der Waals surface area contributed by atoms with Gasteiger partial charge in [-0.2, -0.15) is 0 Å². The summed E-state index contributed by atoms with van der Waals surface area (Å²) in [5.74, 6) is -0.256. The van der Waals surface area contributed by atoms with E-state index in [1.807, 2.05) is 6.08 Å². The van der Waals surface area contributed by atoms with E-state index >= 15 is 0 Å². The highest BCUT2D eigenvalue weighted by atomic mass is 16.7. The summed E-state index contributed by atoms with van der Waals surface area (Å²) in [6.07, 6.45) is 33.9. The average Bonchev–Trinajstić information content (AvgIpc) is 3.14. The molecule has 0 radical (unpaired) electrons. The predicted octanol–water partition coefficient (Wildman–Crippen LogP) is 11.3. The number of carbonyl (C=O) groups excluding carboxylic acids is 2. The van der Waals surface area contributed by atoms with Crippen molar-refractivity contribution in [3.8, 4) is 0 Å². The number of ether oxygens (including phenoxy) is 4. The first kappa shape index (κ1) is 50.5. The van der Waals surface area contributed by atoms with E-state index < -0.39 is 0 Å². The number of allylic oxidation sites excluding steroid dienone is 1. The summed E-state index contributed by atoms with van der Waals surface area (Å²) in [6, 6.07) is 0. The molecule has 0 aromatic rings. The van der Waals surface area contributed by atoms with Gasteiger partial charge in [0, 0.05) is 32.6 Å². The van der Waals surface area contributed by atoms with Crippen molar-refractivity contribution in [1.29, 1.82) is 0 Å². The Kier molecular flexibility index (Phi) is 41.1. The van der Waals surface area contributed by atoms with Crippen LogP contribution in [0.4, 0.5) is 0 Å². The van der Waals surface area contributed by atoms with Crippen LogP contribution in [0.5, 0.6) is 0 Å². The molecule has 0 aromatic heterocycles. The Balaban J connectivity index is 4.00. The average molecular weight is 740 g/mol. The fraction of sp³-hybridized carbons (Fsp3) is 0.909. The van der Waals surface area contributed by atoms with Gasteiger partial charge in [0.2, 0.25) is 0 Å². The molecule has 0 aliphatic rings. The van der Waals surface area contributed by atoms with Crippen molar-refractivity contribution in [3.63, 3.8) is 0 Å². The molecule has 52 heavy (non-hydrogen) atoms. The molecule has 8 nitrogen and oxygen atoms in total. The zero-order chi connectivity index (χ0) is 38.0. The molecular weight excluding hydrogens is 654 g/mol. The molecule has 308 valence electrons. The minimum absolute atomic E-state index is 0.0949. The molecule has 0 amide bonds. The second kappa shape index (κ2) is 42.3. The Morgan fingerprint density at radius 1 is 0.519 bits per heavy atom. The molecule has 0 unspecified atom stereocenters. The first-order chi connectivity index (χ1) is 25.6. The number of nitrogens with zero attached hydrogens (tertiary/aromatic N) is 1. The van der Waals surface area contributed by atoms with Gasteiger partial charge in [-0.3, -0.25) is 9.59 Å². The summed E-state index contributed by atoms with van der Waals surface area (Å²) in [7, 11) is 0. The number of unbranched alkanes of at least 4 members (excludes halogenated alkanes) is 20. The first-order valence-electron chi connectivity index (χ1n) is 22.1. The molecule has 0 atom stereocenters. The number of hydrogen-bond acceptors (Lipinski definition) is 8. The number of aliphatic hydroxyl groups excluding tert-OH is 1. The summed E-state index contributed by atoms with van der Waals surface area (Å²) in [5.41, 5.74) is 0. The van der Waals surface area contributed by atoms with Crippen LogP contribution in [-0.4, -0.2) is 80.9 Å². The minimum atomic E-state index is -0.325. The zero-order valence-electron chi connectivity index (χ0n) is 34.5. The summed E-state index contributed by atoms with van der Waals surface area (Å²) < 4.78 is 23.0. The maximum Gasteiger partial charge on any atom is 0.306 e. The van der Waals surface area contributed by atoms with Gasteiger partial charge in [0.1, 0.15) is 6.61 Å². The van der Waals surface area contributed by atoms with Crippen LogP contribution in [0.1, 0.15) is 201 Å². The van der Waals surface area contributed by atoms with Gasteiger partial charge in [-0.05, 0) is 64.5 Å². The first-order valence-corrected chi connectivity index (χ1v) is 22.1. The largest absolute Gasteiger partial charge is 0.466 e. The van der Waals surface area contributed by atoms with Crippen LogP contribution >= 0.6 is 0 Å². The quantitative estimate of drug-likeness (QED) is 0.0286. The number of rotatable bonds is 42. The van der Waals surface area contributed by atoms with E-state index in [1.165, 1.54) is 83.5 Å². The lowest BCUT2D eigenvalue weighted by Crippen LogP contribution is -2.29. The minimum Gasteiger partial charge on any atom is -0.466 e. The molecule has 8 heteroatoms. The van der Waals surface area contributed by atoms with Gasteiger partial charge in [0.25, 0.3) is 0 Å². The number of hydrogen-bond donors (Lipinski definition) is 1. The molecule has 0 saturated heterocycles. The lowest BCUT2D eigenvalue weighted by Gasteiger charge is -2.21. The lowest BCUT2D eigenvalue weighted by atomic mass is 10.1. The number of aliphatic hydroxyl groups is 1. The Morgan fingerprint density at radius 3 is 1.58 bits per heavy atom. The third kappa shape index (κ3) is 38.3. The third-order valence-electron chi connectivity index (χ3n) is 9.57. The maximum absolute atomic E-state index is 12.5. The normalized spacial score (nSPS) is 11.7. The Morgan fingerprint density at radius 2 is 1.00 bits per heavy atom. The van der Waals surface area contributed by atoms with Crippen molar-refractivity contribution in [3.05, 3.63) is 12.2 Å². The molecule has 0 saturated carbocycles. The molecule has 0 heterocycles. The molecule has 0 rings (SSSR count). The zero-order valence-corrected chi connectivity index (χ0v) is 34.5. The molecule has 0 spiro atoms. The highest BCUT2D eigenvalue weighted by Crippen LogP contribution is 2.13. The van der Waals surface area contributed by atoms with E-state index in [0.717, 1.165) is 90.1 Å². The van der Waals surface area contributed by atoms with Crippen molar-refractivity contribution >= 4 is 11.9 Å². The molecule has 0 bridgehead atoms. The van der Waals surface area contributed by atoms with Gasteiger partial charge in [-0.15, -0.1) is 0 Å². The van der Waals surface area contributed by atoms with E-state index in [-0.39, 0.29) is 24.8 Å². The molecule has 0 fully saturated rings. The van der Waals surface area contributed by atoms with Gasteiger partial charge < -0.3 is 29.0 Å². The highest BCUT2D eigenvalue weighted by Gasteiger charge is 2.14. The second-order valence-electron chi connectivity index (χ2n) is 14.6.